The number of aromatic nitrogens is 1. The van der Waals surface area contributed by atoms with Crippen molar-refractivity contribution in [1.82, 2.24) is 4.98 Å². The lowest BCUT2D eigenvalue weighted by Crippen LogP contribution is -1.94. The summed E-state index contributed by atoms with van der Waals surface area (Å²) in [7, 11) is 1.68. The van der Waals surface area contributed by atoms with Crippen LogP contribution < -0.4 is 0 Å². The van der Waals surface area contributed by atoms with Crippen molar-refractivity contribution in [3.63, 3.8) is 0 Å². The third-order valence-electron chi connectivity index (χ3n) is 1.96. The average molecular weight is 230 g/mol. The second-order valence-corrected chi connectivity index (χ2v) is 5.86. The summed E-state index contributed by atoms with van der Waals surface area (Å²) in [5.41, 5.74) is 1.61. The van der Waals surface area contributed by atoms with Crippen LogP contribution in [0.1, 0.15) is 5.56 Å². The zero-order chi connectivity index (χ0) is 10.2. The lowest BCUT2D eigenvalue weighted by molar-refractivity contribution is 0.609. The molecule has 74 valence electrons. The number of fused-ring (bicyclic) bond motifs is 1. The van der Waals surface area contributed by atoms with Crippen LogP contribution >= 0.6 is 10.7 Å². The fourth-order valence-electron chi connectivity index (χ4n) is 1.38. The van der Waals surface area contributed by atoms with Gasteiger partial charge in [0.1, 0.15) is 0 Å². The van der Waals surface area contributed by atoms with Crippen molar-refractivity contribution < 1.29 is 8.42 Å². The Kier molecular flexibility index (Phi) is 2.25. The summed E-state index contributed by atoms with van der Waals surface area (Å²) in [6.45, 7) is 0. The number of halogens is 1. The van der Waals surface area contributed by atoms with Crippen LogP contribution in [0.2, 0.25) is 0 Å². The van der Waals surface area contributed by atoms with E-state index in [-0.39, 0.29) is 5.75 Å². The Bertz CT molecular complexity index is 559. The Hall–Kier alpha value is -1.00. The van der Waals surface area contributed by atoms with E-state index in [0.29, 0.717) is 5.56 Å². The van der Waals surface area contributed by atoms with Gasteiger partial charge in [-0.25, -0.2) is 8.42 Å². The number of benzene rings is 1. The molecule has 3 nitrogen and oxygen atoms in total. The van der Waals surface area contributed by atoms with Crippen LogP contribution in [-0.4, -0.2) is 13.4 Å². The summed E-state index contributed by atoms with van der Waals surface area (Å²) in [4.78, 5) is 3.01. The van der Waals surface area contributed by atoms with Crippen LogP contribution in [-0.2, 0) is 14.8 Å². The third kappa shape index (κ3) is 2.08. The first-order chi connectivity index (χ1) is 6.54. The average Bonchev–Trinajstić information content (AvgIpc) is 2.47. The summed E-state index contributed by atoms with van der Waals surface area (Å²) in [5.74, 6) is -0.135. The predicted octanol–water partition coefficient (Wildman–Crippen LogP) is 2.24. The molecule has 0 atom stereocenters. The van der Waals surface area contributed by atoms with Gasteiger partial charge in [0.05, 0.1) is 5.75 Å². The summed E-state index contributed by atoms with van der Waals surface area (Å²) < 4.78 is 21.7. The molecule has 1 aromatic carbocycles. The molecule has 1 heterocycles. The predicted molar refractivity (Wildman–Crippen MR) is 56.8 cm³/mol. The molecule has 0 aliphatic heterocycles. The third-order valence-corrected chi connectivity index (χ3v) is 2.96. The van der Waals surface area contributed by atoms with Gasteiger partial charge in [-0.05, 0) is 23.1 Å². The number of nitrogens with one attached hydrogen (secondary N) is 1. The highest BCUT2D eigenvalue weighted by Crippen LogP contribution is 2.16. The largest absolute Gasteiger partial charge is 0.361 e. The SMILES string of the molecule is O=S(=O)(Cl)Cc1ccc2cc[nH]c2c1. The van der Waals surface area contributed by atoms with Crippen molar-refractivity contribution in [2.45, 2.75) is 5.75 Å². The molecule has 1 aromatic heterocycles. The van der Waals surface area contributed by atoms with Gasteiger partial charge in [0.25, 0.3) is 0 Å². The second-order valence-electron chi connectivity index (χ2n) is 3.08. The normalized spacial score (nSPS) is 12.1. The van der Waals surface area contributed by atoms with Crippen molar-refractivity contribution in [2.75, 3.05) is 0 Å². The zero-order valence-electron chi connectivity index (χ0n) is 7.20. The van der Waals surface area contributed by atoms with Crippen LogP contribution in [0.15, 0.2) is 30.5 Å². The molecule has 0 saturated carbocycles. The molecule has 1 N–H and O–H groups in total. The maximum absolute atomic E-state index is 10.8. The number of hydrogen-bond acceptors (Lipinski definition) is 2. The Morgan fingerprint density at radius 1 is 1.29 bits per heavy atom. The summed E-state index contributed by atoms with van der Waals surface area (Å²) in [6.07, 6.45) is 1.81. The molecule has 0 bridgehead atoms. The van der Waals surface area contributed by atoms with Gasteiger partial charge in [-0.15, -0.1) is 0 Å². The molecule has 0 fully saturated rings. The van der Waals surface area contributed by atoms with Crippen molar-refractivity contribution in [1.29, 1.82) is 0 Å². The van der Waals surface area contributed by atoms with Crippen molar-refractivity contribution in [2.24, 2.45) is 0 Å². The van der Waals surface area contributed by atoms with Crippen molar-refractivity contribution in [3.8, 4) is 0 Å². The first kappa shape index (κ1) is 9.55. The monoisotopic (exact) mass is 229 g/mol. The highest BCUT2D eigenvalue weighted by molar-refractivity contribution is 8.13. The molecule has 14 heavy (non-hydrogen) atoms. The van der Waals surface area contributed by atoms with E-state index < -0.39 is 9.05 Å². The number of aromatic amines is 1. The van der Waals surface area contributed by atoms with E-state index in [1.807, 2.05) is 18.3 Å². The van der Waals surface area contributed by atoms with Gasteiger partial charge >= 0.3 is 0 Å². The Labute approximate surface area is 86.1 Å². The van der Waals surface area contributed by atoms with E-state index >= 15 is 0 Å². The molecular formula is C9H8ClNO2S. The summed E-state index contributed by atoms with van der Waals surface area (Å²) in [6, 6.07) is 7.34. The fourth-order valence-corrected chi connectivity index (χ4v) is 2.34. The molecule has 0 aliphatic carbocycles. The smallest absolute Gasteiger partial charge is 0.236 e. The number of rotatable bonds is 2. The minimum atomic E-state index is -3.47. The fraction of sp³-hybridized carbons (Fsp3) is 0.111. The first-order valence-electron chi connectivity index (χ1n) is 4.03. The lowest BCUT2D eigenvalue weighted by atomic mass is 10.2. The molecule has 2 aromatic rings. The van der Waals surface area contributed by atoms with Crippen LogP contribution in [0.4, 0.5) is 0 Å². The van der Waals surface area contributed by atoms with Gasteiger partial charge in [-0.3, -0.25) is 0 Å². The Balaban J connectivity index is 2.44. The molecule has 0 aliphatic rings. The van der Waals surface area contributed by atoms with Gasteiger partial charge in [0.2, 0.25) is 9.05 Å². The van der Waals surface area contributed by atoms with E-state index in [1.54, 1.807) is 12.1 Å². The molecule has 5 heteroatoms. The van der Waals surface area contributed by atoms with E-state index in [4.69, 9.17) is 10.7 Å². The van der Waals surface area contributed by atoms with E-state index in [2.05, 4.69) is 4.98 Å². The van der Waals surface area contributed by atoms with Crippen LogP contribution in [0.3, 0.4) is 0 Å². The minimum absolute atomic E-state index is 0.135. The van der Waals surface area contributed by atoms with Crippen molar-refractivity contribution in [3.05, 3.63) is 36.0 Å². The van der Waals surface area contributed by atoms with E-state index in [0.717, 1.165) is 10.9 Å². The summed E-state index contributed by atoms with van der Waals surface area (Å²) in [5, 5.41) is 1.06. The van der Waals surface area contributed by atoms with Gasteiger partial charge in [-0.1, -0.05) is 12.1 Å². The first-order valence-corrected chi connectivity index (χ1v) is 6.51. The molecule has 2 rings (SSSR count). The topological polar surface area (TPSA) is 49.9 Å². The van der Waals surface area contributed by atoms with Crippen LogP contribution in [0.25, 0.3) is 10.9 Å². The molecule has 0 radical (unpaired) electrons. The molecule has 0 spiro atoms. The van der Waals surface area contributed by atoms with E-state index in [1.165, 1.54) is 0 Å². The standard InChI is InChI=1S/C9H8ClNO2S/c10-14(12,13)6-7-1-2-8-3-4-11-9(8)5-7/h1-5,11H,6H2. The number of H-pyrrole nitrogens is 1. The molecular weight excluding hydrogens is 222 g/mol. The second kappa shape index (κ2) is 3.29. The van der Waals surface area contributed by atoms with Gasteiger partial charge in [0.15, 0.2) is 0 Å². The van der Waals surface area contributed by atoms with Gasteiger partial charge < -0.3 is 4.98 Å². The Morgan fingerprint density at radius 3 is 2.79 bits per heavy atom. The lowest BCUT2D eigenvalue weighted by Gasteiger charge is -1.97. The van der Waals surface area contributed by atoms with Crippen molar-refractivity contribution >= 4 is 30.6 Å². The van der Waals surface area contributed by atoms with Crippen LogP contribution in [0, 0.1) is 0 Å². The number of hydrogen-bond donors (Lipinski definition) is 1. The highest BCUT2D eigenvalue weighted by atomic mass is 35.7. The summed E-state index contributed by atoms with van der Waals surface area (Å²) >= 11 is 0. The van der Waals surface area contributed by atoms with Crippen LogP contribution in [0.5, 0.6) is 0 Å². The molecule has 0 amide bonds. The molecule has 0 saturated heterocycles. The minimum Gasteiger partial charge on any atom is -0.361 e. The quantitative estimate of drug-likeness (QED) is 0.803. The van der Waals surface area contributed by atoms with Gasteiger partial charge in [0, 0.05) is 22.4 Å². The zero-order valence-corrected chi connectivity index (χ0v) is 8.77. The highest BCUT2D eigenvalue weighted by Gasteiger charge is 2.07. The Morgan fingerprint density at radius 2 is 2.07 bits per heavy atom. The maximum Gasteiger partial charge on any atom is 0.236 e. The van der Waals surface area contributed by atoms with E-state index in [9.17, 15) is 8.42 Å². The van der Waals surface area contributed by atoms with Gasteiger partial charge in [-0.2, -0.15) is 0 Å². The molecule has 0 unspecified atom stereocenters. The maximum atomic E-state index is 10.8.